The number of aromatic hydroxyl groups is 2. The average molecular weight is 723 g/mol. The van der Waals surface area contributed by atoms with Crippen molar-refractivity contribution in [2.75, 3.05) is 38.2 Å². The topological polar surface area (TPSA) is 274 Å². The van der Waals surface area contributed by atoms with Crippen LogP contribution in [0.15, 0.2) is 34.6 Å². The summed E-state index contributed by atoms with van der Waals surface area (Å²) >= 11 is 1.05. The van der Waals surface area contributed by atoms with Crippen LogP contribution in [-0.2, 0) is 39.6 Å². The first-order valence-electron chi connectivity index (χ1n) is 14.3. The number of carboxylic acid groups (broad SMARTS) is 1. The number of benzene rings is 1. The number of hydrogen-bond donors (Lipinski definition) is 7. The predicted octanol–water partition coefficient (Wildman–Crippen LogP) is -3.37. The summed E-state index contributed by atoms with van der Waals surface area (Å²) in [7, 11) is -0.461. The van der Waals surface area contributed by atoms with Gasteiger partial charge in [-0.25, -0.2) is 15.1 Å². The van der Waals surface area contributed by atoms with Crippen molar-refractivity contribution in [3.8, 4) is 11.5 Å². The summed E-state index contributed by atoms with van der Waals surface area (Å²) in [5, 5.41) is 40.5. The number of rotatable bonds is 11. The molecule has 23 heteroatoms. The Labute approximate surface area is 283 Å². The number of piperazine rings is 1. The van der Waals surface area contributed by atoms with Crippen molar-refractivity contribution in [1.29, 1.82) is 0 Å². The molecule has 5 rings (SSSR count). The standard InChI is InChI=1S/C26H30N10O11S2/c1-3-33-6-7-34(21(42)20(33)41)25(46)29-17(13-4-5-15(38)16(39)8-13)19(40)30-26(27-12-37)23(45)35-18(22(43)44)14(10-49(47)24(26)35)9-48-36-31-28-11-32(36)2/h4-5,8,11-12,17,24,31,38-39H,3,6-7,9-10H2,1-2H3,(H,27,37)(H,29,46)(H,30,40)(H,43,44)/t17?,24-,26+,49?/m0/s1. The second-order valence-corrected chi connectivity index (χ2v) is 13.2. The van der Waals surface area contributed by atoms with Gasteiger partial charge in [0.2, 0.25) is 18.0 Å². The number of carbonyl (C=O) groups excluding carboxylic acids is 6. The van der Waals surface area contributed by atoms with Crippen LogP contribution in [0.2, 0.25) is 0 Å². The maximum atomic E-state index is 13.9. The quantitative estimate of drug-likeness (QED) is 0.0293. The van der Waals surface area contributed by atoms with Gasteiger partial charge in [0.15, 0.2) is 16.9 Å². The van der Waals surface area contributed by atoms with E-state index in [0.717, 1.165) is 30.1 Å². The van der Waals surface area contributed by atoms with E-state index in [2.05, 4.69) is 26.6 Å². The molecule has 4 aliphatic heterocycles. The van der Waals surface area contributed by atoms with Crippen molar-refractivity contribution < 1.29 is 53.1 Å². The molecule has 7 amide bonds. The number of fused-ring (bicyclic) bond motifs is 1. The molecule has 0 aliphatic carbocycles. The molecule has 7 N–H and O–H groups in total. The molecule has 49 heavy (non-hydrogen) atoms. The molecule has 262 valence electrons. The number of likely N-dealkylation sites (N-methyl/N-ethyl adjacent to an activating group) is 1. The van der Waals surface area contributed by atoms with Crippen molar-refractivity contribution in [3.63, 3.8) is 0 Å². The van der Waals surface area contributed by atoms with Gasteiger partial charge < -0.3 is 36.2 Å². The second-order valence-electron chi connectivity index (χ2n) is 10.8. The minimum absolute atomic E-state index is 0.00843. The highest BCUT2D eigenvalue weighted by atomic mass is 32.2. The number of imide groups is 1. The third kappa shape index (κ3) is 6.17. The number of carbonyl (C=O) groups is 7. The highest BCUT2D eigenvalue weighted by Gasteiger charge is 2.68. The number of hydrazine groups is 2. The normalized spacial score (nSPS) is 24.2. The number of hydrogen-bond acceptors (Lipinski definition) is 15. The van der Waals surface area contributed by atoms with E-state index >= 15 is 0 Å². The molecule has 2 fully saturated rings. The summed E-state index contributed by atoms with van der Waals surface area (Å²) in [5.41, 5.74) is -0.407. The lowest BCUT2D eigenvalue weighted by atomic mass is 9.94. The lowest BCUT2D eigenvalue weighted by Gasteiger charge is -2.56. The molecule has 4 heterocycles. The number of hydrazone groups is 1. The van der Waals surface area contributed by atoms with E-state index in [1.807, 2.05) is 0 Å². The number of phenolic OH excluding ortho intramolecular Hbond substituents is 2. The van der Waals surface area contributed by atoms with E-state index in [1.54, 1.807) is 19.0 Å². The average Bonchev–Trinajstić information content (AvgIpc) is 3.48. The molecule has 0 saturated carbocycles. The van der Waals surface area contributed by atoms with Crippen LogP contribution in [0.5, 0.6) is 11.5 Å². The number of urea groups is 1. The number of amides is 7. The van der Waals surface area contributed by atoms with Gasteiger partial charge in [-0.05, 0) is 42.1 Å². The minimum Gasteiger partial charge on any atom is -0.504 e. The van der Waals surface area contributed by atoms with Crippen LogP contribution in [-0.4, -0.2) is 141 Å². The number of nitrogens with one attached hydrogen (secondary N) is 4. The van der Waals surface area contributed by atoms with Crippen molar-refractivity contribution in [3.05, 3.63) is 35.0 Å². The van der Waals surface area contributed by atoms with Crippen LogP contribution < -0.4 is 21.5 Å². The Balaban J connectivity index is 1.44. The van der Waals surface area contributed by atoms with Crippen LogP contribution in [0.3, 0.4) is 0 Å². The van der Waals surface area contributed by atoms with Gasteiger partial charge in [-0.1, -0.05) is 10.6 Å². The molecule has 0 spiro atoms. The molecule has 2 saturated heterocycles. The van der Waals surface area contributed by atoms with E-state index < -0.39 is 80.7 Å². The zero-order chi connectivity index (χ0) is 35.8. The summed E-state index contributed by atoms with van der Waals surface area (Å²) in [5.74, 6) is -7.80. The van der Waals surface area contributed by atoms with Crippen molar-refractivity contribution in [2.45, 2.75) is 24.0 Å². The highest BCUT2D eigenvalue weighted by Crippen LogP contribution is 2.41. The van der Waals surface area contributed by atoms with Crippen molar-refractivity contribution in [1.82, 2.24) is 45.7 Å². The SMILES string of the molecule is CCN1CCN(C(=O)NC(C(=O)N[C@]2(NC=O)C(=O)N3C(C(=O)O)=C(CSN4NN=CN4C)CS(=O)[C@H]32)c2ccc(O)c(O)c2)C(=O)C1=O. The number of phenols is 2. The number of β-lactam (4-membered cyclic amide) rings is 1. The Hall–Kier alpha value is -5.42. The molecule has 4 aliphatic rings. The van der Waals surface area contributed by atoms with Crippen LogP contribution in [0.1, 0.15) is 18.5 Å². The monoisotopic (exact) mass is 722 g/mol. The summed E-state index contributed by atoms with van der Waals surface area (Å²) in [6, 6.07) is -0.0415. The summed E-state index contributed by atoms with van der Waals surface area (Å²) in [6.45, 7) is 1.62. The largest absolute Gasteiger partial charge is 0.504 e. The van der Waals surface area contributed by atoms with Crippen LogP contribution in [0, 0.1) is 0 Å². The van der Waals surface area contributed by atoms with Gasteiger partial charge in [0.25, 0.3) is 5.91 Å². The molecule has 21 nitrogen and oxygen atoms in total. The molecular weight excluding hydrogens is 692 g/mol. The molecule has 2 unspecified atom stereocenters. The third-order valence-corrected chi connectivity index (χ3v) is 10.7. The van der Waals surface area contributed by atoms with Crippen molar-refractivity contribution in [2.24, 2.45) is 5.10 Å². The van der Waals surface area contributed by atoms with E-state index in [1.165, 1.54) is 15.8 Å². The molecular formula is C26H30N10O11S2. The zero-order valence-corrected chi connectivity index (χ0v) is 27.3. The molecule has 1 aromatic rings. The summed E-state index contributed by atoms with van der Waals surface area (Å²) in [4.78, 5) is 92.8. The number of carboxylic acids is 1. The number of nitrogens with zero attached hydrogens (tertiary/aromatic N) is 6. The van der Waals surface area contributed by atoms with Crippen LogP contribution in [0.4, 0.5) is 4.79 Å². The first-order chi connectivity index (χ1) is 23.2. The van der Waals surface area contributed by atoms with Gasteiger partial charge in [0.1, 0.15) is 18.1 Å². The summed E-state index contributed by atoms with van der Waals surface area (Å²) < 4.78 is 15.1. The fraction of sp³-hybridized carbons (Fsp3) is 0.385. The smallest absolute Gasteiger partial charge is 0.352 e. The number of aliphatic carboxylic acids is 1. The zero-order valence-electron chi connectivity index (χ0n) is 25.7. The van der Waals surface area contributed by atoms with Gasteiger partial charge in [0, 0.05) is 32.4 Å². The first kappa shape index (κ1) is 34.9. The van der Waals surface area contributed by atoms with Gasteiger partial charge in [-0.2, -0.15) is 5.10 Å². The maximum Gasteiger partial charge on any atom is 0.352 e. The van der Waals surface area contributed by atoms with E-state index in [-0.39, 0.29) is 48.7 Å². The van der Waals surface area contributed by atoms with Gasteiger partial charge in [-0.15, -0.1) is 0 Å². The van der Waals surface area contributed by atoms with Crippen molar-refractivity contribution >= 4 is 71.1 Å². The minimum atomic E-state index is -2.46. The molecule has 0 radical (unpaired) electrons. The summed E-state index contributed by atoms with van der Waals surface area (Å²) in [6.07, 6.45) is 1.48. The van der Waals surface area contributed by atoms with E-state index in [9.17, 15) is 53.1 Å². The van der Waals surface area contributed by atoms with Gasteiger partial charge >= 0.3 is 23.8 Å². The molecule has 0 bridgehead atoms. The predicted molar refractivity (Wildman–Crippen MR) is 167 cm³/mol. The lowest BCUT2D eigenvalue weighted by Crippen LogP contribution is -2.87. The van der Waals surface area contributed by atoms with Crippen LogP contribution >= 0.6 is 11.9 Å². The maximum absolute atomic E-state index is 13.9. The Bertz CT molecular complexity index is 1720. The lowest BCUT2D eigenvalue weighted by molar-refractivity contribution is -0.163. The Morgan fingerprint density at radius 3 is 2.53 bits per heavy atom. The Kier molecular flexibility index (Phi) is 9.69. The highest BCUT2D eigenvalue weighted by molar-refractivity contribution is 7.97. The first-order valence-corrected chi connectivity index (χ1v) is 16.6. The Morgan fingerprint density at radius 2 is 1.92 bits per heavy atom. The van der Waals surface area contributed by atoms with Crippen LogP contribution in [0.25, 0.3) is 0 Å². The molecule has 4 atom stereocenters. The fourth-order valence-electron chi connectivity index (χ4n) is 5.49. The Morgan fingerprint density at radius 1 is 1.18 bits per heavy atom. The van der Waals surface area contributed by atoms with E-state index in [0.29, 0.717) is 9.80 Å². The van der Waals surface area contributed by atoms with Gasteiger partial charge in [-0.3, -0.25) is 43.0 Å². The van der Waals surface area contributed by atoms with Gasteiger partial charge in [0.05, 0.1) is 16.6 Å². The third-order valence-electron chi connectivity index (χ3n) is 7.93. The molecule has 1 aromatic carbocycles. The van der Waals surface area contributed by atoms with E-state index in [4.69, 9.17) is 0 Å². The second kappa shape index (κ2) is 13.6. The molecule has 0 aromatic heterocycles. The fourth-order valence-corrected chi connectivity index (χ4v) is 8.26.